The predicted molar refractivity (Wildman–Crippen MR) is 125 cm³/mol. The lowest BCUT2D eigenvalue weighted by Crippen LogP contribution is -2.15. The molecule has 0 radical (unpaired) electrons. The number of para-hydroxylation sites is 1. The molecule has 4 rings (SSSR count). The van der Waals surface area contributed by atoms with Crippen molar-refractivity contribution < 1.29 is 9.47 Å². The molecule has 0 atom stereocenters. The number of rotatable bonds is 8. The van der Waals surface area contributed by atoms with E-state index < -0.39 is 0 Å². The Kier molecular flexibility index (Phi) is 6.44. The SMILES string of the molecule is CCOc1ccc(Oc2c(/C=N/Nc3nnc(C)c(=O)[nH]3)c(C)nn2-c2ccccc2)cc1. The second kappa shape index (κ2) is 9.77. The maximum Gasteiger partial charge on any atom is 0.274 e. The molecule has 2 N–H and O–H groups in total. The lowest BCUT2D eigenvalue weighted by Gasteiger charge is -2.11. The number of H-pyrrole nitrogens is 1. The number of ether oxygens (including phenoxy) is 2. The van der Waals surface area contributed by atoms with Crippen LogP contribution in [0.15, 0.2) is 64.5 Å². The van der Waals surface area contributed by atoms with E-state index in [1.165, 1.54) is 0 Å². The standard InChI is InChI=1S/C23H23N7O3/c1-4-32-18-10-12-19(13-11-18)33-22-20(14-24-27-23-25-21(31)16(3)26-28-23)15(2)29-30(22)17-8-6-5-7-9-17/h5-14H,4H2,1-3H3,(H2,25,27,28,31)/b24-14+. The van der Waals surface area contributed by atoms with Crippen LogP contribution in [0.3, 0.4) is 0 Å². The van der Waals surface area contributed by atoms with Gasteiger partial charge in [-0.05, 0) is 57.2 Å². The van der Waals surface area contributed by atoms with Gasteiger partial charge < -0.3 is 9.47 Å². The fraction of sp³-hybridized carbons (Fsp3) is 0.174. The fourth-order valence-electron chi connectivity index (χ4n) is 2.99. The molecule has 33 heavy (non-hydrogen) atoms. The zero-order valence-corrected chi connectivity index (χ0v) is 18.4. The Morgan fingerprint density at radius 2 is 1.76 bits per heavy atom. The van der Waals surface area contributed by atoms with Crippen LogP contribution in [0.1, 0.15) is 23.9 Å². The Morgan fingerprint density at radius 3 is 2.45 bits per heavy atom. The number of aromatic nitrogens is 5. The van der Waals surface area contributed by atoms with Crippen LogP contribution < -0.4 is 20.5 Å². The van der Waals surface area contributed by atoms with Crippen molar-refractivity contribution in [2.45, 2.75) is 20.8 Å². The highest BCUT2D eigenvalue weighted by molar-refractivity contribution is 5.85. The predicted octanol–water partition coefficient (Wildman–Crippen LogP) is 3.60. The molecule has 0 unspecified atom stereocenters. The van der Waals surface area contributed by atoms with Gasteiger partial charge in [-0.2, -0.15) is 14.9 Å². The summed E-state index contributed by atoms with van der Waals surface area (Å²) in [7, 11) is 0. The zero-order chi connectivity index (χ0) is 23.2. The van der Waals surface area contributed by atoms with Crippen LogP contribution in [0, 0.1) is 13.8 Å². The summed E-state index contributed by atoms with van der Waals surface area (Å²) in [6, 6.07) is 17.0. The first kappa shape index (κ1) is 21.8. The Morgan fingerprint density at radius 1 is 1.03 bits per heavy atom. The third-order valence-electron chi connectivity index (χ3n) is 4.64. The van der Waals surface area contributed by atoms with Gasteiger partial charge in [0.1, 0.15) is 17.2 Å². The summed E-state index contributed by atoms with van der Waals surface area (Å²) in [5.74, 6) is 1.99. The maximum absolute atomic E-state index is 11.7. The van der Waals surface area contributed by atoms with Crippen molar-refractivity contribution in [1.29, 1.82) is 0 Å². The molecule has 0 aliphatic heterocycles. The number of nitrogens with one attached hydrogen (secondary N) is 2. The second-order valence-corrected chi connectivity index (χ2v) is 7.02. The number of hydrogen-bond donors (Lipinski definition) is 2. The van der Waals surface area contributed by atoms with E-state index in [2.05, 4.69) is 30.8 Å². The van der Waals surface area contributed by atoms with Crippen LogP contribution in [0.4, 0.5) is 5.95 Å². The van der Waals surface area contributed by atoms with Crippen molar-refractivity contribution in [3.8, 4) is 23.1 Å². The van der Waals surface area contributed by atoms with Gasteiger partial charge in [0.05, 0.1) is 29.8 Å². The van der Waals surface area contributed by atoms with Crippen LogP contribution in [0.2, 0.25) is 0 Å². The Bertz CT molecular complexity index is 1310. The minimum absolute atomic E-state index is 0.129. The van der Waals surface area contributed by atoms with E-state index in [-0.39, 0.29) is 17.2 Å². The molecule has 0 aliphatic rings. The lowest BCUT2D eigenvalue weighted by atomic mass is 10.2. The summed E-state index contributed by atoms with van der Waals surface area (Å²) >= 11 is 0. The highest BCUT2D eigenvalue weighted by Crippen LogP contribution is 2.30. The molecule has 10 nitrogen and oxygen atoms in total. The number of nitrogens with zero attached hydrogens (tertiary/aromatic N) is 5. The summed E-state index contributed by atoms with van der Waals surface area (Å²) in [5.41, 5.74) is 4.81. The average molecular weight is 445 g/mol. The third-order valence-corrected chi connectivity index (χ3v) is 4.64. The highest BCUT2D eigenvalue weighted by atomic mass is 16.5. The molecule has 0 saturated heterocycles. The Balaban J connectivity index is 1.67. The second-order valence-electron chi connectivity index (χ2n) is 7.02. The van der Waals surface area contributed by atoms with Crippen molar-refractivity contribution in [2.24, 2.45) is 5.10 Å². The lowest BCUT2D eigenvalue weighted by molar-refractivity contribution is 0.339. The normalized spacial score (nSPS) is 11.0. The maximum atomic E-state index is 11.7. The molecule has 4 aromatic rings. The molecule has 0 fully saturated rings. The number of aryl methyl sites for hydroxylation is 2. The van der Waals surface area contributed by atoms with E-state index in [1.807, 2.05) is 68.4 Å². The zero-order valence-electron chi connectivity index (χ0n) is 18.4. The van der Waals surface area contributed by atoms with Crippen molar-refractivity contribution in [3.63, 3.8) is 0 Å². The molecular weight excluding hydrogens is 422 g/mol. The summed E-state index contributed by atoms with van der Waals surface area (Å²) in [4.78, 5) is 14.3. The van der Waals surface area contributed by atoms with Gasteiger partial charge >= 0.3 is 0 Å². The van der Waals surface area contributed by atoms with Gasteiger partial charge in [-0.1, -0.05) is 18.2 Å². The van der Waals surface area contributed by atoms with E-state index in [4.69, 9.17) is 9.47 Å². The van der Waals surface area contributed by atoms with Crippen molar-refractivity contribution in [1.82, 2.24) is 25.0 Å². The van der Waals surface area contributed by atoms with Gasteiger partial charge in [-0.15, -0.1) is 10.2 Å². The smallest absolute Gasteiger partial charge is 0.274 e. The molecule has 2 heterocycles. The summed E-state index contributed by atoms with van der Waals surface area (Å²) in [6.07, 6.45) is 1.56. The summed E-state index contributed by atoms with van der Waals surface area (Å²) in [5, 5.41) is 16.5. The fourth-order valence-corrected chi connectivity index (χ4v) is 2.99. The van der Waals surface area contributed by atoms with Crippen LogP contribution in [0.5, 0.6) is 17.4 Å². The Labute approximate surface area is 189 Å². The molecule has 0 aliphatic carbocycles. The minimum atomic E-state index is -0.338. The molecule has 0 amide bonds. The summed E-state index contributed by atoms with van der Waals surface area (Å²) < 4.78 is 13.4. The molecular formula is C23H23N7O3. The molecule has 2 aromatic carbocycles. The van der Waals surface area contributed by atoms with Gasteiger partial charge in [0, 0.05) is 0 Å². The van der Waals surface area contributed by atoms with E-state index in [0.29, 0.717) is 29.5 Å². The van der Waals surface area contributed by atoms with Gasteiger partial charge in [0.15, 0.2) is 0 Å². The topological polar surface area (TPSA) is 119 Å². The van der Waals surface area contributed by atoms with Crippen LogP contribution in [-0.4, -0.2) is 37.8 Å². The number of hydrogen-bond acceptors (Lipinski definition) is 8. The largest absolute Gasteiger partial charge is 0.494 e. The quantitative estimate of drug-likeness (QED) is 0.314. The molecule has 0 saturated carbocycles. The van der Waals surface area contributed by atoms with Gasteiger partial charge in [0.2, 0.25) is 11.8 Å². The molecule has 2 aromatic heterocycles. The summed E-state index contributed by atoms with van der Waals surface area (Å²) in [6.45, 7) is 5.96. The van der Waals surface area contributed by atoms with Crippen LogP contribution in [0.25, 0.3) is 5.69 Å². The van der Waals surface area contributed by atoms with Crippen molar-refractivity contribution in [2.75, 3.05) is 12.0 Å². The number of anilines is 1. The van der Waals surface area contributed by atoms with E-state index in [1.54, 1.807) is 17.8 Å². The van der Waals surface area contributed by atoms with Gasteiger partial charge in [0.25, 0.3) is 5.56 Å². The number of benzene rings is 2. The first-order chi connectivity index (χ1) is 16.0. The molecule has 0 spiro atoms. The van der Waals surface area contributed by atoms with Crippen LogP contribution in [-0.2, 0) is 0 Å². The van der Waals surface area contributed by atoms with E-state index >= 15 is 0 Å². The third kappa shape index (κ3) is 5.06. The first-order valence-electron chi connectivity index (χ1n) is 10.3. The molecule has 168 valence electrons. The van der Waals surface area contributed by atoms with E-state index in [0.717, 1.165) is 11.4 Å². The number of hydrazone groups is 1. The van der Waals surface area contributed by atoms with E-state index in [9.17, 15) is 4.79 Å². The molecule has 10 heteroatoms. The van der Waals surface area contributed by atoms with Crippen molar-refractivity contribution in [3.05, 3.63) is 81.9 Å². The van der Waals surface area contributed by atoms with Crippen LogP contribution >= 0.6 is 0 Å². The monoisotopic (exact) mass is 445 g/mol. The number of aromatic amines is 1. The minimum Gasteiger partial charge on any atom is -0.494 e. The van der Waals surface area contributed by atoms with Gasteiger partial charge in [-0.25, -0.2) is 5.43 Å². The first-order valence-corrected chi connectivity index (χ1v) is 10.3. The van der Waals surface area contributed by atoms with Crippen molar-refractivity contribution >= 4 is 12.2 Å². The molecule has 0 bridgehead atoms. The Hall–Kier alpha value is -4.47. The average Bonchev–Trinajstić information content (AvgIpc) is 3.13. The van der Waals surface area contributed by atoms with Gasteiger partial charge in [-0.3, -0.25) is 9.78 Å². The highest BCUT2D eigenvalue weighted by Gasteiger charge is 2.18.